The molecule has 1 aromatic heterocycles. The highest BCUT2D eigenvalue weighted by Gasteiger charge is 2.28. The molecule has 0 fully saturated rings. The largest absolute Gasteiger partial charge is 0.222 e. The summed E-state index contributed by atoms with van der Waals surface area (Å²) in [4.78, 5) is 0. The van der Waals surface area contributed by atoms with Gasteiger partial charge in [0.25, 0.3) is 0 Å². The average Bonchev–Trinajstić information content (AvgIpc) is 2.88. The van der Waals surface area contributed by atoms with Gasteiger partial charge in [-0.3, -0.25) is 0 Å². The van der Waals surface area contributed by atoms with Crippen LogP contribution in [0.25, 0.3) is 22.5 Å². The van der Waals surface area contributed by atoms with Gasteiger partial charge in [-0.05, 0) is 50.2 Å². The third kappa shape index (κ3) is 7.99. The van der Waals surface area contributed by atoms with Gasteiger partial charge in [0, 0.05) is 39.8 Å². The fourth-order valence-corrected chi connectivity index (χ4v) is 4.35. The fraction of sp³-hybridized carbons (Fsp3) is 0.194. The van der Waals surface area contributed by atoms with Crippen molar-refractivity contribution in [2.75, 3.05) is 0 Å². The van der Waals surface area contributed by atoms with Crippen LogP contribution in [0, 0.1) is 35.9 Å². The average molecular weight is 516 g/mol. The zero-order valence-corrected chi connectivity index (χ0v) is 22.0. The highest BCUT2D eigenvalue weighted by Crippen LogP contribution is 2.31. The topological polar surface area (TPSA) is 96.1 Å². The van der Waals surface area contributed by atoms with E-state index in [1.54, 1.807) is 0 Å². The van der Waals surface area contributed by atoms with Crippen LogP contribution in [0.15, 0.2) is 91.0 Å². The molecule has 0 aliphatic heterocycles. The quantitative estimate of drug-likeness (QED) is 0.301. The summed E-state index contributed by atoms with van der Waals surface area (Å²) in [6, 6.07) is 31.7. The number of rotatable bonds is 5. The van der Waals surface area contributed by atoms with Crippen molar-refractivity contribution in [3.63, 3.8) is 0 Å². The molecular formula is C31H30ClNO4. The molecule has 3 aromatic carbocycles. The van der Waals surface area contributed by atoms with Crippen LogP contribution in [0.1, 0.15) is 42.0 Å². The molecule has 0 aliphatic rings. The van der Waals surface area contributed by atoms with E-state index in [1.165, 1.54) is 33.6 Å². The van der Waals surface area contributed by atoms with Gasteiger partial charge in [0.15, 0.2) is 0 Å². The lowest BCUT2D eigenvalue weighted by Gasteiger charge is -2.17. The molecule has 0 bridgehead atoms. The lowest BCUT2D eigenvalue weighted by Crippen LogP contribution is -2.68. The van der Waals surface area contributed by atoms with E-state index in [0.717, 1.165) is 30.5 Å². The van der Waals surface area contributed by atoms with Crippen LogP contribution in [0.5, 0.6) is 0 Å². The summed E-state index contributed by atoms with van der Waals surface area (Å²) in [5.74, 6) is 6.94. The van der Waals surface area contributed by atoms with E-state index in [-0.39, 0.29) is 0 Å². The maximum atomic E-state index is 8.49. The molecule has 37 heavy (non-hydrogen) atoms. The van der Waals surface area contributed by atoms with Crippen molar-refractivity contribution >= 4 is 0 Å². The summed E-state index contributed by atoms with van der Waals surface area (Å²) in [5.41, 5.74) is 9.65. The fourth-order valence-electron chi connectivity index (χ4n) is 4.35. The number of halogens is 1. The Morgan fingerprint density at radius 1 is 0.649 bits per heavy atom. The normalized spacial score (nSPS) is 10.7. The zero-order chi connectivity index (χ0) is 26.8. The van der Waals surface area contributed by atoms with E-state index in [1.807, 2.05) is 18.2 Å². The Morgan fingerprint density at radius 2 is 1.05 bits per heavy atom. The molecular weight excluding hydrogens is 486 g/mol. The number of benzene rings is 3. The maximum absolute atomic E-state index is 8.49. The van der Waals surface area contributed by atoms with Gasteiger partial charge in [0.2, 0.25) is 11.4 Å². The van der Waals surface area contributed by atoms with Crippen molar-refractivity contribution < 1.29 is 33.4 Å². The lowest BCUT2D eigenvalue weighted by atomic mass is 9.93. The molecule has 0 saturated heterocycles. The third-order valence-electron chi connectivity index (χ3n) is 5.94. The third-order valence-corrected chi connectivity index (χ3v) is 5.94. The van der Waals surface area contributed by atoms with Gasteiger partial charge in [0.1, 0.15) is 6.54 Å². The first-order valence-corrected chi connectivity index (χ1v) is 13.3. The predicted molar refractivity (Wildman–Crippen MR) is 134 cm³/mol. The molecule has 0 saturated carbocycles. The summed E-state index contributed by atoms with van der Waals surface area (Å²) in [6.07, 6.45) is 2.29. The Kier molecular flexibility index (Phi) is 9.99. The highest BCUT2D eigenvalue weighted by molar-refractivity contribution is 5.71. The maximum Gasteiger partial charge on any atom is 0.217 e. The van der Waals surface area contributed by atoms with Crippen molar-refractivity contribution in [2.45, 2.75) is 40.2 Å². The van der Waals surface area contributed by atoms with E-state index < -0.39 is 10.2 Å². The Balaban J connectivity index is 0.000000695. The standard InChI is InChI=1S/C31H30N.ClHO4/c1-4-5-23-32-30(27-17-11-7-12-18-27)24(2)29(22-21-26-15-9-6-10-16-26)25(3)31(32)28-19-13-8-14-20-28;2-1(3,4)5/h6-20H,4-5,23H2,1-3H3;(H,2,3,4,5)/q+1;/p-1. The summed E-state index contributed by atoms with van der Waals surface area (Å²) < 4.78 is 36.5. The molecule has 0 spiro atoms. The predicted octanol–water partition coefficient (Wildman–Crippen LogP) is 2.37. The Bertz CT molecular complexity index is 1280. The Hall–Kier alpha value is -3.50. The molecule has 4 aromatic rings. The minimum absolute atomic E-state index is 0.985. The van der Waals surface area contributed by atoms with Gasteiger partial charge in [-0.2, -0.15) is 4.57 Å². The van der Waals surface area contributed by atoms with Crippen LogP contribution >= 0.6 is 0 Å². The first-order valence-electron chi connectivity index (χ1n) is 12.1. The highest BCUT2D eigenvalue weighted by atomic mass is 35.7. The smallest absolute Gasteiger partial charge is 0.217 e. The molecule has 1 heterocycles. The van der Waals surface area contributed by atoms with E-state index >= 15 is 0 Å². The summed E-state index contributed by atoms with van der Waals surface area (Å²) >= 11 is 0. The van der Waals surface area contributed by atoms with Crippen LogP contribution in [-0.2, 0) is 6.54 Å². The molecule has 6 heteroatoms. The number of nitrogens with zero attached hydrogens (tertiary/aromatic N) is 1. The molecule has 0 N–H and O–H groups in total. The van der Waals surface area contributed by atoms with E-state index in [2.05, 4.69) is 110 Å². The Labute approximate surface area is 221 Å². The molecule has 0 radical (unpaired) electrons. The van der Waals surface area contributed by atoms with Gasteiger partial charge in [0.05, 0.1) is 0 Å². The zero-order valence-electron chi connectivity index (χ0n) is 21.2. The minimum Gasteiger partial charge on any atom is -0.222 e. The SMILES string of the molecule is CCCC[n+]1c(-c2ccccc2)c(C)c(C#Cc2ccccc2)c(C)c1-c1ccccc1.[O-][Cl+3]([O-])([O-])[O-]. The number of hydrogen-bond acceptors (Lipinski definition) is 4. The second-order valence-corrected chi connectivity index (χ2v) is 9.31. The van der Waals surface area contributed by atoms with Crippen LogP contribution in [-0.4, -0.2) is 0 Å². The molecule has 4 rings (SSSR count). The summed E-state index contributed by atoms with van der Waals surface area (Å²) in [7, 11) is -4.94. The molecule has 0 atom stereocenters. The van der Waals surface area contributed by atoms with Crippen LogP contribution in [0.4, 0.5) is 0 Å². The first kappa shape index (κ1) is 28.1. The Morgan fingerprint density at radius 3 is 1.46 bits per heavy atom. The van der Waals surface area contributed by atoms with Crippen molar-refractivity contribution in [3.8, 4) is 34.4 Å². The van der Waals surface area contributed by atoms with E-state index in [4.69, 9.17) is 18.6 Å². The second-order valence-electron chi connectivity index (χ2n) is 8.55. The molecule has 5 nitrogen and oxygen atoms in total. The van der Waals surface area contributed by atoms with Gasteiger partial charge < -0.3 is 0 Å². The van der Waals surface area contributed by atoms with Crippen molar-refractivity contribution in [1.82, 2.24) is 0 Å². The number of hydrogen-bond donors (Lipinski definition) is 0. The number of aromatic nitrogens is 1. The van der Waals surface area contributed by atoms with Crippen LogP contribution < -0.4 is 23.2 Å². The summed E-state index contributed by atoms with van der Waals surface area (Å²) in [5, 5.41) is 0. The molecule has 0 aliphatic carbocycles. The summed E-state index contributed by atoms with van der Waals surface area (Å²) in [6.45, 7) is 7.69. The van der Waals surface area contributed by atoms with Crippen LogP contribution in [0.2, 0.25) is 0 Å². The van der Waals surface area contributed by atoms with E-state index in [9.17, 15) is 0 Å². The number of pyridine rings is 1. The monoisotopic (exact) mass is 515 g/mol. The van der Waals surface area contributed by atoms with Crippen molar-refractivity contribution in [3.05, 3.63) is 113 Å². The minimum atomic E-state index is -4.94. The first-order chi connectivity index (χ1) is 17.7. The van der Waals surface area contributed by atoms with Gasteiger partial charge in [-0.15, -0.1) is 10.2 Å². The number of unbranched alkanes of at least 4 members (excludes halogenated alkanes) is 1. The van der Waals surface area contributed by atoms with Gasteiger partial charge in [-0.25, -0.2) is 18.6 Å². The molecule has 190 valence electrons. The molecule has 0 unspecified atom stereocenters. The van der Waals surface area contributed by atoms with Crippen molar-refractivity contribution in [1.29, 1.82) is 0 Å². The second kappa shape index (κ2) is 13.2. The van der Waals surface area contributed by atoms with Gasteiger partial charge in [-0.1, -0.05) is 79.8 Å². The lowest BCUT2D eigenvalue weighted by molar-refractivity contribution is -2.00. The van der Waals surface area contributed by atoms with Crippen LogP contribution in [0.3, 0.4) is 0 Å². The van der Waals surface area contributed by atoms with E-state index in [0.29, 0.717) is 0 Å². The molecule has 0 amide bonds. The van der Waals surface area contributed by atoms with Gasteiger partial charge >= 0.3 is 0 Å². The van der Waals surface area contributed by atoms with Crippen molar-refractivity contribution in [2.24, 2.45) is 0 Å².